The number of ether oxygens (including phenoxy) is 1. The van der Waals surface area contributed by atoms with E-state index in [2.05, 4.69) is 15.0 Å². The number of hydrogen-bond acceptors (Lipinski definition) is 5. The number of nitrogens with zero attached hydrogens (tertiary/aromatic N) is 1. The van der Waals surface area contributed by atoms with Gasteiger partial charge in [0, 0.05) is 6.20 Å². The lowest BCUT2D eigenvalue weighted by molar-refractivity contribution is -0.143. The molecule has 0 bridgehead atoms. The molecule has 0 saturated heterocycles. The fraction of sp³-hybridized carbons (Fsp3) is 0.273. The van der Waals surface area contributed by atoms with Gasteiger partial charge in [0.2, 0.25) is 0 Å². The number of aromatic nitrogens is 1. The minimum absolute atomic E-state index is 0.177. The maximum Gasteiger partial charge on any atom is 0.329 e. The first-order valence-corrected chi connectivity index (χ1v) is 5.35. The van der Waals surface area contributed by atoms with Crippen LogP contribution in [0.3, 0.4) is 0 Å². The number of aliphatic carboxylic acids is 1. The summed E-state index contributed by atoms with van der Waals surface area (Å²) in [6.07, 6.45) is 1.58. The Kier molecular flexibility index (Phi) is 5.96. The molecule has 0 unspecified atom stereocenters. The molecule has 8 nitrogen and oxygen atoms in total. The molecule has 0 atom stereocenters. The van der Waals surface area contributed by atoms with Gasteiger partial charge in [-0.2, -0.15) is 0 Å². The summed E-state index contributed by atoms with van der Waals surface area (Å²) in [6, 6.07) is 4.53. The smallest absolute Gasteiger partial charge is 0.329 e. The Morgan fingerprint density at radius 2 is 2.05 bits per heavy atom. The highest BCUT2D eigenvalue weighted by atomic mass is 16.5. The Hall–Kier alpha value is -2.48. The van der Waals surface area contributed by atoms with Crippen molar-refractivity contribution in [2.24, 2.45) is 0 Å². The summed E-state index contributed by atoms with van der Waals surface area (Å²) < 4.78 is 4.52. The van der Waals surface area contributed by atoms with E-state index in [0.29, 0.717) is 5.69 Å². The van der Waals surface area contributed by atoms with Gasteiger partial charge in [-0.05, 0) is 12.1 Å². The normalized spacial score (nSPS) is 9.68. The number of carboxylic acid groups (broad SMARTS) is 1. The van der Waals surface area contributed by atoms with Crippen LogP contribution in [-0.2, 0) is 20.9 Å². The van der Waals surface area contributed by atoms with Gasteiger partial charge < -0.3 is 15.2 Å². The molecule has 1 aromatic heterocycles. The van der Waals surface area contributed by atoms with Crippen molar-refractivity contribution in [3.8, 4) is 0 Å². The molecule has 1 rings (SSSR count). The van der Waals surface area contributed by atoms with E-state index in [-0.39, 0.29) is 6.54 Å². The maximum atomic E-state index is 11.3. The second-order valence-corrected chi connectivity index (χ2v) is 3.44. The third kappa shape index (κ3) is 6.74. The van der Waals surface area contributed by atoms with E-state index in [1.54, 1.807) is 24.4 Å². The fourth-order valence-electron chi connectivity index (χ4n) is 1.11. The molecule has 1 heterocycles. The van der Waals surface area contributed by atoms with Crippen LogP contribution in [0.4, 0.5) is 4.79 Å². The van der Waals surface area contributed by atoms with Gasteiger partial charge in [-0.3, -0.25) is 15.1 Å². The van der Waals surface area contributed by atoms with E-state index in [9.17, 15) is 14.4 Å². The molecule has 102 valence electrons. The highest BCUT2D eigenvalue weighted by Crippen LogP contribution is 1.91. The van der Waals surface area contributed by atoms with Crippen molar-refractivity contribution in [1.29, 1.82) is 0 Å². The SMILES string of the molecule is O=C(O)COCC(=O)NC(=O)NCc1ccccn1. The van der Waals surface area contributed by atoms with Gasteiger partial charge in [0.1, 0.15) is 13.2 Å². The lowest BCUT2D eigenvalue weighted by atomic mass is 10.3. The first-order chi connectivity index (χ1) is 9.08. The zero-order chi connectivity index (χ0) is 14.1. The van der Waals surface area contributed by atoms with Crippen LogP contribution in [0.5, 0.6) is 0 Å². The Labute approximate surface area is 108 Å². The van der Waals surface area contributed by atoms with Crippen molar-refractivity contribution in [2.75, 3.05) is 13.2 Å². The molecule has 0 aliphatic carbocycles. The maximum absolute atomic E-state index is 11.3. The summed E-state index contributed by atoms with van der Waals surface area (Å²) in [5.74, 6) is -1.91. The quantitative estimate of drug-likeness (QED) is 0.640. The largest absolute Gasteiger partial charge is 0.480 e. The third-order valence-corrected chi connectivity index (χ3v) is 1.87. The molecule has 3 N–H and O–H groups in total. The number of amides is 3. The lowest BCUT2D eigenvalue weighted by Gasteiger charge is -2.06. The minimum atomic E-state index is -1.19. The number of imide groups is 1. The molecular weight excluding hydrogens is 254 g/mol. The van der Waals surface area contributed by atoms with E-state index in [1.807, 2.05) is 5.32 Å². The van der Waals surface area contributed by atoms with Crippen LogP contribution in [0.2, 0.25) is 0 Å². The number of carbonyl (C=O) groups excluding carboxylic acids is 2. The molecule has 3 amide bonds. The van der Waals surface area contributed by atoms with Crippen LogP contribution in [0.15, 0.2) is 24.4 Å². The van der Waals surface area contributed by atoms with Crippen LogP contribution in [0, 0.1) is 0 Å². The Balaban J connectivity index is 2.20. The van der Waals surface area contributed by atoms with Crippen LogP contribution >= 0.6 is 0 Å². The zero-order valence-electron chi connectivity index (χ0n) is 9.96. The fourth-order valence-corrected chi connectivity index (χ4v) is 1.11. The molecular formula is C11H13N3O5. The highest BCUT2D eigenvalue weighted by Gasteiger charge is 2.08. The predicted molar refractivity (Wildman–Crippen MR) is 63.1 cm³/mol. The summed E-state index contributed by atoms with van der Waals surface area (Å²) in [7, 11) is 0. The molecule has 0 aliphatic rings. The number of urea groups is 1. The number of hydrogen-bond donors (Lipinski definition) is 3. The molecule has 0 saturated carbocycles. The van der Waals surface area contributed by atoms with Gasteiger partial charge in [0.05, 0.1) is 12.2 Å². The monoisotopic (exact) mass is 267 g/mol. The summed E-state index contributed by atoms with van der Waals surface area (Å²) in [5.41, 5.74) is 0.646. The topological polar surface area (TPSA) is 118 Å². The highest BCUT2D eigenvalue weighted by molar-refractivity contribution is 5.94. The number of carboxylic acids is 1. The number of carbonyl (C=O) groups is 3. The second-order valence-electron chi connectivity index (χ2n) is 3.44. The van der Waals surface area contributed by atoms with Crippen molar-refractivity contribution in [3.05, 3.63) is 30.1 Å². The van der Waals surface area contributed by atoms with Gasteiger partial charge in [-0.15, -0.1) is 0 Å². The molecule has 0 aromatic carbocycles. The van der Waals surface area contributed by atoms with Crippen molar-refractivity contribution < 1.29 is 24.2 Å². The Morgan fingerprint density at radius 3 is 2.68 bits per heavy atom. The number of nitrogens with one attached hydrogen (secondary N) is 2. The first kappa shape index (κ1) is 14.6. The van der Waals surface area contributed by atoms with Gasteiger partial charge in [-0.25, -0.2) is 9.59 Å². The standard InChI is InChI=1S/C11H13N3O5/c15-9(6-19-7-10(16)17)14-11(18)13-5-8-3-1-2-4-12-8/h1-4H,5-7H2,(H,16,17)(H2,13,14,15,18). The molecule has 8 heteroatoms. The average Bonchev–Trinajstić information content (AvgIpc) is 2.37. The van der Waals surface area contributed by atoms with Crippen molar-refractivity contribution in [1.82, 2.24) is 15.6 Å². The van der Waals surface area contributed by atoms with E-state index in [0.717, 1.165) is 0 Å². The van der Waals surface area contributed by atoms with Crippen LogP contribution < -0.4 is 10.6 Å². The van der Waals surface area contributed by atoms with E-state index < -0.39 is 31.1 Å². The summed E-state index contributed by atoms with van der Waals surface area (Å²) >= 11 is 0. The number of rotatable bonds is 6. The van der Waals surface area contributed by atoms with Gasteiger partial charge in [0.15, 0.2) is 0 Å². The molecule has 0 radical (unpaired) electrons. The van der Waals surface area contributed by atoms with Crippen LogP contribution in [0.1, 0.15) is 5.69 Å². The van der Waals surface area contributed by atoms with Crippen LogP contribution in [0.25, 0.3) is 0 Å². The van der Waals surface area contributed by atoms with Crippen molar-refractivity contribution in [3.63, 3.8) is 0 Å². The van der Waals surface area contributed by atoms with Gasteiger partial charge >= 0.3 is 12.0 Å². The Bertz CT molecular complexity index is 449. The molecule has 19 heavy (non-hydrogen) atoms. The Morgan fingerprint density at radius 1 is 1.26 bits per heavy atom. The number of pyridine rings is 1. The predicted octanol–water partition coefficient (Wildman–Crippen LogP) is -0.491. The molecule has 0 aliphatic heterocycles. The first-order valence-electron chi connectivity index (χ1n) is 5.35. The minimum Gasteiger partial charge on any atom is -0.480 e. The molecule has 0 spiro atoms. The molecule has 1 aromatic rings. The second kappa shape index (κ2) is 7.77. The van der Waals surface area contributed by atoms with Gasteiger partial charge in [-0.1, -0.05) is 6.07 Å². The average molecular weight is 267 g/mol. The van der Waals surface area contributed by atoms with E-state index in [1.165, 1.54) is 0 Å². The van der Waals surface area contributed by atoms with E-state index in [4.69, 9.17) is 5.11 Å². The van der Waals surface area contributed by atoms with Crippen molar-refractivity contribution >= 4 is 17.9 Å². The summed E-state index contributed by atoms with van der Waals surface area (Å²) in [5, 5.41) is 12.7. The summed E-state index contributed by atoms with van der Waals surface area (Å²) in [4.78, 5) is 36.5. The zero-order valence-corrected chi connectivity index (χ0v) is 9.96. The summed E-state index contributed by atoms with van der Waals surface area (Å²) in [6.45, 7) is -0.914. The van der Waals surface area contributed by atoms with Crippen molar-refractivity contribution in [2.45, 2.75) is 6.54 Å². The lowest BCUT2D eigenvalue weighted by Crippen LogP contribution is -2.41. The van der Waals surface area contributed by atoms with E-state index >= 15 is 0 Å². The van der Waals surface area contributed by atoms with Gasteiger partial charge in [0.25, 0.3) is 5.91 Å². The molecule has 0 fully saturated rings. The third-order valence-electron chi connectivity index (χ3n) is 1.87. The van der Waals surface area contributed by atoms with Crippen LogP contribution in [-0.4, -0.2) is 41.2 Å².